The molecule has 0 spiro atoms. The number of likely N-dealkylation sites (tertiary alicyclic amines) is 1. The summed E-state index contributed by atoms with van der Waals surface area (Å²) in [5.41, 5.74) is -2.70. The molecule has 0 aromatic heterocycles. The average Bonchev–Trinajstić information content (AvgIpc) is 2.77. The maximum absolute atomic E-state index is 13.6. The zero-order valence-electron chi connectivity index (χ0n) is 19.0. The van der Waals surface area contributed by atoms with E-state index in [1.54, 1.807) is 12.1 Å². The Morgan fingerprint density at radius 2 is 1.68 bits per heavy atom. The van der Waals surface area contributed by atoms with E-state index in [4.69, 9.17) is 10.00 Å². The first kappa shape index (κ1) is 25.5. The summed E-state index contributed by atoms with van der Waals surface area (Å²) in [6.45, 7) is 4.91. The first-order valence-electron chi connectivity index (χ1n) is 10.8. The standard InChI is InChI=1S/C25H25F5N2O2/c1-23(2,34-19-6-4-5-18(14-19)24(3,26)27)17-9-11-32(12-10-17)22(33)20-8-7-16(15-31)13-21(20)25(28,29)30/h4-8,13-14,17H,9-12H2,1-3H3. The Balaban J connectivity index is 1.71. The zero-order chi connectivity index (χ0) is 25.3. The molecule has 1 saturated heterocycles. The predicted molar refractivity (Wildman–Crippen MR) is 116 cm³/mol. The number of hydrogen-bond acceptors (Lipinski definition) is 3. The van der Waals surface area contributed by atoms with Crippen LogP contribution in [-0.2, 0) is 12.1 Å². The van der Waals surface area contributed by atoms with Crippen LogP contribution in [0.4, 0.5) is 22.0 Å². The number of halogens is 5. The Hall–Kier alpha value is -3.15. The SMILES string of the molecule is CC(F)(F)c1cccc(OC(C)(C)C2CCN(C(=O)c3ccc(C#N)cc3C(F)(F)F)CC2)c1. The van der Waals surface area contributed by atoms with Crippen molar-refractivity contribution in [3.05, 3.63) is 64.7 Å². The third-order valence-corrected chi connectivity index (χ3v) is 6.17. The van der Waals surface area contributed by atoms with Gasteiger partial charge in [-0.15, -0.1) is 0 Å². The van der Waals surface area contributed by atoms with Crippen LogP contribution in [0.5, 0.6) is 5.75 Å². The first-order valence-corrected chi connectivity index (χ1v) is 10.8. The zero-order valence-corrected chi connectivity index (χ0v) is 19.0. The minimum Gasteiger partial charge on any atom is -0.488 e. The fourth-order valence-corrected chi connectivity index (χ4v) is 4.20. The fraction of sp³-hybridized carbons (Fsp3) is 0.440. The number of rotatable bonds is 5. The minimum absolute atomic E-state index is 0.0506. The summed E-state index contributed by atoms with van der Waals surface area (Å²) in [5.74, 6) is -3.50. The highest BCUT2D eigenvalue weighted by atomic mass is 19.4. The van der Waals surface area contributed by atoms with E-state index in [9.17, 15) is 26.7 Å². The van der Waals surface area contributed by atoms with E-state index >= 15 is 0 Å². The van der Waals surface area contributed by atoms with Gasteiger partial charge in [0, 0.05) is 31.5 Å². The molecule has 0 aliphatic carbocycles. The third kappa shape index (κ3) is 5.66. The minimum atomic E-state index is -4.77. The van der Waals surface area contributed by atoms with Crippen LogP contribution in [0.3, 0.4) is 0 Å². The summed E-state index contributed by atoms with van der Waals surface area (Å²) in [6, 6.07) is 10.3. The molecular weight excluding hydrogens is 455 g/mol. The van der Waals surface area contributed by atoms with Gasteiger partial charge in [0.25, 0.3) is 11.8 Å². The third-order valence-electron chi connectivity index (χ3n) is 6.17. The Kier molecular flexibility index (Phi) is 6.92. The molecule has 1 fully saturated rings. The number of carbonyl (C=O) groups excluding carboxylic acids is 1. The van der Waals surface area contributed by atoms with Crippen molar-refractivity contribution in [2.24, 2.45) is 5.92 Å². The average molecular weight is 480 g/mol. The molecule has 3 rings (SSSR count). The van der Waals surface area contributed by atoms with Crippen LogP contribution in [0.25, 0.3) is 0 Å². The topological polar surface area (TPSA) is 53.3 Å². The second-order valence-electron chi connectivity index (χ2n) is 9.06. The van der Waals surface area contributed by atoms with Crippen LogP contribution in [0.15, 0.2) is 42.5 Å². The molecule has 2 aromatic carbocycles. The number of alkyl halides is 5. The Morgan fingerprint density at radius 1 is 1.03 bits per heavy atom. The smallest absolute Gasteiger partial charge is 0.417 e. The van der Waals surface area contributed by atoms with Crippen LogP contribution < -0.4 is 4.74 Å². The molecule has 1 aliphatic rings. The largest absolute Gasteiger partial charge is 0.488 e. The molecule has 9 heteroatoms. The van der Waals surface area contributed by atoms with Gasteiger partial charge in [-0.1, -0.05) is 12.1 Å². The van der Waals surface area contributed by atoms with Crippen LogP contribution in [0, 0.1) is 17.2 Å². The molecule has 0 atom stereocenters. The van der Waals surface area contributed by atoms with E-state index < -0.39 is 34.7 Å². The van der Waals surface area contributed by atoms with Gasteiger partial charge in [-0.25, -0.2) is 8.78 Å². The van der Waals surface area contributed by atoms with Crippen molar-refractivity contribution in [3.63, 3.8) is 0 Å². The molecule has 0 saturated carbocycles. The highest BCUT2D eigenvalue weighted by molar-refractivity contribution is 5.96. The summed E-state index contributed by atoms with van der Waals surface area (Å²) in [6.07, 6.45) is -3.82. The quantitative estimate of drug-likeness (QED) is 0.466. The summed E-state index contributed by atoms with van der Waals surface area (Å²) >= 11 is 0. The number of amides is 1. The van der Waals surface area contributed by atoms with E-state index in [-0.39, 0.29) is 30.1 Å². The number of benzene rings is 2. The number of nitrogens with zero attached hydrogens (tertiary/aromatic N) is 2. The van der Waals surface area contributed by atoms with E-state index in [1.807, 2.05) is 13.8 Å². The van der Waals surface area contributed by atoms with Crippen molar-refractivity contribution >= 4 is 5.91 Å². The first-order chi connectivity index (χ1) is 15.7. The van der Waals surface area contributed by atoms with Crippen molar-refractivity contribution in [1.29, 1.82) is 5.26 Å². The van der Waals surface area contributed by atoms with E-state index in [0.717, 1.165) is 13.0 Å². The predicted octanol–water partition coefficient (Wildman–Crippen LogP) is 6.40. The van der Waals surface area contributed by atoms with Crippen molar-refractivity contribution < 1.29 is 31.5 Å². The van der Waals surface area contributed by atoms with Crippen molar-refractivity contribution in [3.8, 4) is 11.8 Å². The van der Waals surface area contributed by atoms with Gasteiger partial charge in [-0.3, -0.25) is 4.79 Å². The molecule has 0 unspecified atom stereocenters. The molecule has 0 N–H and O–H groups in total. The van der Waals surface area contributed by atoms with Gasteiger partial charge >= 0.3 is 6.18 Å². The Morgan fingerprint density at radius 3 is 2.24 bits per heavy atom. The van der Waals surface area contributed by atoms with E-state index in [2.05, 4.69) is 0 Å². The summed E-state index contributed by atoms with van der Waals surface area (Å²) in [7, 11) is 0. The number of carbonyl (C=O) groups is 1. The lowest BCUT2D eigenvalue weighted by atomic mass is 9.82. The Bertz CT molecular complexity index is 1090. The summed E-state index contributed by atoms with van der Waals surface area (Å²) in [4.78, 5) is 14.2. The monoisotopic (exact) mass is 480 g/mol. The molecule has 1 aliphatic heterocycles. The normalized spacial score (nSPS) is 15.7. The number of hydrogen-bond donors (Lipinski definition) is 0. The van der Waals surface area contributed by atoms with Gasteiger partial charge in [0.1, 0.15) is 11.4 Å². The van der Waals surface area contributed by atoms with Crippen molar-refractivity contribution in [2.75, 3.05) is 13.1 Å². The fourth-order valence-electron chi connectivity index (χ4n) is 4.20. The maximum Gasteiger partial charge on any atom is 0.417 e. The van der Waals surface area contributed by atoms with Crippen LogP contribution in [0.1, 0.15) is 60.7 Å². The molecule has 0 bridgehead atoms. The van der Waals surface area contributed by atoms with Crippen molar-refractivity contribution in [2.45, 2.75) is 51.3 Å². The van der Waals surface area contributed by atoms with Crippen LogP contribution >= 0.6 is 0 Å². The van der Waals surface area contributed by atoms with Crippen LogP contribution in [0.2, 0.25) is 0 Å². The molecule has 34 heavy (non-hydrogen) atoms. The molecule has 0 radical (unpaired) electrons. The van der Waals surface area contributed by atoms with Crippen LogP contribution in [-0.4, -0.2) is 29.5 Å². The van der Waals surface area contributed by atoms with Crippen molar-refractivity contribution in [1.82, 2.24) is 4.90 Å². The lowest BCUT2D eigenvalue weighted by molar-refractivity contribution is -0.138. The Labute approximate surface area is 194 Å². The highest BCUT2D eigenvalue weighted by Crippen LogP contribution is 2.37. The van der Waals surface area contributed by atoms with Gasteiger partial charge in [-0.05, 0) is 57.0 Å². The maximum atomic E-state index is 13.6. The highest BCUT2D eigenvalue weighted by Gasteiger charge is 2.39. The summed E-state index contributed by atoms with van der Waals surface area (Å²) < 4.78 is 73.8. The molecule has 2 aromatic rings. The van der Waals surface area contributed by atoms with Gasteiger partial charge in [-0.2, -0.15) is 18.4 Å². The van der Waals surface area contributed by atoms with E-state index in [1.165, 1.54) is 29.2 Å². The van der Waals surface area contributed by atoms with Gasteiger partial charge in [0.2, 0.25) is 0 Å². The molecule has 182 valence electrons. The molecule has 1 heterocycles. The lowest BCUT2D eigenvalue weighted by Crippen LogP contribution is -2.47. The van der Waals surface area contributed by atoms with Gasteiger partial charge < -0.3 is 9.64 Å². The second kappa shape index (κ2) is 9.24. The second-order valence-corrected chi connectivity index (χ2v) is 9.06. The van der Waals surface area contributed by atoms with E-state index in [0.29, 0.717) is 24.7 Å². The molecule has 1 amide bonds. The lowest BCUT2D eigenvalue weighted by Gasteiger charge is -2.41. The summed E-state index contributed by atoms with van der Waals surface area (Å²) in [5, 5.41) is 8.91. The van der Waals surface area contributed by atoms with Gasteiger partial charge in [0.05, 0.1) is 22.8 Å². The number of piperidine rings is 1. The molecular formula is C25H25F5N2O2. The molecule has 4 nitrogen and oxygen atoms in total. The number of ether oxygens (including phenoxy) is 1. The number of nitriles is 1. The van der Waals surface area contributed by atoms with Gasteiger partial charge in [0.15, 0.2) is 0 Å².